The minimum atomic E-state index is -5.26. The van der Waals surface area contributed by atoms with Crippen LogP contribution in [0.4, 0.5) is 33.3 Å². The number of alkyl halides is 3. The lowest BCUT2D eigenvalue weighted by molar-refractivity contribution is -0.144. The van der Waals surface area contributed by atoms with E-state index in [4.69, 9.17) is 31.7 Å². The number of rotatable bonds is 17. The number of benzene rings is 2. The molecular weight excluding hydrogens is 936 g/mol. The van der Waals surface area contributed by atoms with E-state index in [1.807, 2.05) is 52.0 Å². The van der Waals surface area contributed by atoms with Gasteiger partial charge in [0.2, 0.25) is 17.7 Å². The molecule has 362 valence electrons. The van der Waals surface area contributed by atoms with Gasteiger partial charge in [-0.1, -0.05) is 45.0 Å². The molecule has 2 aliphatic heterocycles. The highest BCUT2D eigenvalue weighted by molar-refractivity contribution is 7.81. The zero-order valence-corrected chi connectivity index (χ0v) is 39.6. The van der Waals surface area contributed by atoms with Gasteiger partial charge in [-0.15, -0.1) is 11.3 Å². The lowest BCUT2D eigenvalue weighted by Crippen LogP contribution is -2.58. The minimum absolute atomic E-state index is 0.0178. The number of carbonyl (C=O) groups excluding carboxylic acids is 4. The third-order valence-electron chi connectivity index (χ3n) is 11.2. The number of hydrogen-bond donors (Lipinski definition) is 2. The van der Waals surface area contributed by atoms with Gasteiger partial charge in [-0.25, -0.2) is 18.7 Å². The van der Waals surface area contributed by atoms with Crippen LogP contribution in [0.2, 0.25) is 0 Å². The van der Waals surface area contributed by atoms with Crippen LogP contribution >= 0.6 is 23.6 Å². The number of amides is 4. The monoisotopic (exact) mass is 984 g/mol. The van der Waals surface area contributed by atoms with Gasteiger partial charge in [-0.2, -0.15) is 18.4 Å². The number of thiazole rings is 1. The molecule has 2 saturated heterocycles. The van der Waals surface area contributed by atoms with Crippen molar-refractivity contribution >= 4 is 63.7 Å². The number of nitriles is 1. The number of aromatic nitrogens is 2. The van der Waals surface area contributed by atoms with Gasteiger partial charge in [0.05, 0.1) is 65.1 Å². The molecule has 15 nitrogen and oxygen atoms in total. The summed E-state index contributed by atoms with van der Waals surface area (Å²) in [5.41, 5.74) is -1.40. The van der Waals surface area contributed by atoms with Crippen molar-refractivity contribution in [2.45, 2.75) is 84.7 Å². The number of carbonyl (C=O) groups is 4. The maximum Gasteiger partial charge on any atom is 0.420 e. The average molecular weight is 985 g/mol. The number of nitrogens with one attached hydrogen (secondary N) is 2. The third-order valence-corrected chi connectivity index (χ3v) is 12.6. The second-order valence-electron chi connectivity index (χ2n) is 17.5. The molecule has 2 N–H and O–H groups in total. The number of halogens is 5. The van der Waals surface area contributed by atoms with Crippen molar-refractivity contribution in [3.8, 4) is 22.4 Å². The Morgan fingerprint density at radius 2 is 1.72 bits per heavy atom. The summed E-state index contributed by atoms with van der Waals surface area (Å²) in [6.45, 7) is 10.2. The van der Waals surface area contributed by atoms with E-state index in [9.17, 15) is 32.3 Å². The number of thiocarbonyl (C=S) groups is 1. The highest BCUT2D eigenvalue weighted by Gasteiger charge is 2.52. The maximum atomic E-state index is 15.4. The molecule has 2 aromatic carbocycles. The summed E-state index contributed by atoms with van der Waals surface area (Å²) in [5, 5.41) is 14.4. The average Bonchev–Trinajstić information content (AvgIpc) is 3.99. The summed E-state index contributed by atoms with van der Waals surface area (Å²) in [6.07, 6.45) is -3.02. The molecule has 4 heterocycles. The first-order valence-corrected chi connectivity index (χ1v) is 22.6. The summed E-state index contributed by atoms with van der Waals surface area (Å²) >= 11 is 6.96. The molecule has 2 aromatic heterocycles. The first kappa shape index (κ1) is 51.2. The Labute approximate surface area is 398 Å². The van der Waals surface area contributed by atoms with Crippen LogP contribution in [0.15, 0.2) is 54.2 Å². The van der Waals surface area contributed by atoms with Crippen LogP contribution in [-0.4, -0.2) is 101 Å². The minimum Gasteiger partial charge on any atom is -0.473 e. The van der Waals surface area contributed by atoms with Crippen molar-refractivity contribution in [3.05, 3.63) is 88.2 Å². The largest absolute Gasteiger partial charge is 0.473 e. The Morgan fingerprint density at radius 3 is 2.35 bits per heavy atom. The van der Waals surface area contributed by atoms with Gasteiger partial charge in [0.25, 0.3) is 11.8 Å². The van der Waals surface area contributed by atoms with Crippen molar-refractivity contribution < 1.29 is 55.3 Å². The van der Waals surface area contributed by atoms with Gasteiger partial charge < -0.3 is 34.6 Å². The fraction of sp³-hybridized carbons (Fsp3) is 0.435. The van der Waals surface area contributed by atoms with Gasteiger partial charge in [-0.05, 0) is 74.5 Å². The lowest BCUT2D eigenvalue weighted by atomic mass is 9.85. The molecule has 2 unspecified atom stereocenters. The van der Waals surface area contributed by atoms with E-state index in [0.717, 1.165) is 51.0 Å². The van der Waals surface area contributed by atoms with E-state index in [2.05, 4.69) is 20.6 Å². The topological polar surface area (TPSA) is 179 Å². The standard InChI is InChI=1S/C46H49F5N8O7S2/c1-26-37(68-25-55-26)28-11-9-27(10-12-28)22-53-39(61)33-8-7-15-57(33)41(62)38(44(2,3)4)56-34(60)24-65-17-16-64-18-19-66-40-31(47)20-30(23-54-40)59-43(67)58(42(63)45(59,5)6)32-14-13-29(21-52)35(36(32)48)46(49,50)51/h9-14,20,23,25,33,38H,7-8,15-19,22,24H2,1-6H3,(H,53,61)(H,56,60). The Morgan fingerprint density at radius 1 is 1.03 bits per heavy atom. The second-order valence-corrected chi connectivity index (χ2v) is 18.7. The fourth-order valence-electron chi connectivity index (χ4n) is 7.75. The molecule has 4 aromatic rings. The normalized spacial score (nSPS) is 16.5. The van der Waals surface area contributed by atoms with Crippen LogP contribution in [0, 0.1) is 35.3 Å². The van der Waals surface area contributed by atoms with Gasteiger partial charge >= 0.3 is 6.18 Å². The summed E-state index contributed by atoms with van der Waals surface area (Å²) < 4.78 is 88.1. The first-order valence-electron chi connectivity index (χ1n) is 21.4. The Balaban J connectivity index is 0.934. The van der Waals surface area contributed by atoms with Gasteiger partial charge in [0.15, 0.2) is 16.7 Å². The van der Waals surface area contributed by atoms with E-state index in [0.29, 0.717) is 24.3 Å². The van der Waals surface area contributed by atoms with Crippen molar-refractivity contribution in [2.75, 3.05) is 49.4 Å². The van der Waals surface area contributed by atoms with E-state index < -0.39 is 80.5 Å². The van der Waals surface area contributed by atoms with Gasteiger partial charge in [0, 0.05) is 19.2 Å². The molecule has 6 rings (SSSR count). The maximum absolute atomic E-state index is 15.4. The number of hydrogen-bond acceptors (Lipinski definition) is 12. The predicted molar refractivity (Wildman–Crippen MR) is 244 cm³/mol. The zero-order valence-electron chi connectivity index (χ0n) is 38.0. The smallest absolute Gasteiger partial charge is 0.420 e. The number of nitrogens with zero attached hydrogens (tertiary/aromatic N) is 6. The third kappa shape index (κ3) is 11.2. The molecule has 4 amide bonds. The molecule has 2 fully saturated rings. The van der Waals surface area contributed by atoms with Crippen LogP contribution in [0.5, 0.6) is 5.88 Å². The lowest BCUT2D eigenvalue weighted by Gasteiger charge is -2.35. The summed E-state index contributed by atoms with van der Waals surface area (Å²) in [7, 11) is 0. The highest BCUT2D eigenvalue weighted by Crippen LogP contribution is 2.42. The van der Waals surface area contributed by atoms with E-state index in [1.54, 1.807) is 16.8 Å². The first-order chi connectivity index (χ1) is 32.1. The van der Waals surface area contributed by atoms with Crippen LogP contribution in [0.1, 0.15) is 69.8 Å². The fourth-order valence-corrected chi connectivity index (χ4v) is 9.08. The number of likely N-dealkylation sites (tertiary alicyclic amines) is 1. The molecule has 0 aliphatic carbocycles. The summed E-state index contributed by atoms with van der Waals surface area (Å²) in [6, 6.07) is 10.0. The van der Waals surface area contributed by atoms with Gasteiger partial charge in [0.1, 0.15) is 36.4 Å². The van der Waals surface area contributed by atoms with Crippen molar-refractivity contribution in [1.29, 1.82) is 5.26 Å². The second kappa shape index (κ2) is 21.0. The molecule has 68 heavy (non-hydrogen) atoms. The number of anilines is 2. The molecule has 0 bridgehead atoms. The molecule has 2 atom stereocenters. The molecule has 22 heteroatoms. The molecule has 0 saturated carbocycles. The Kier molecular flexibility index (Phi) is 15.8. The molecule has 2 aliphatic rings. The number of pyridine rings is 1. The van der Waals surface area contributed by atoms with E-state index >= 15 is 8.78 Å². The number of ether oxygens (including phenoxy) is 3. The zero-order chi connectivity index (χ0) is 49.7. The van der Waals surface area contributed by atoms with E-state index in [1.165, 1.54) is 24.8 Å². The van der Waals surface area contributed by atoms with Crippen LogP contribution < -0.4 is 25.2 Å². The molecule has 0 radical (unpaired) electrons. The highest BCUT2D eigenvalue weighted by atomic mass is 32.1. The summed E-state index contributed by atoms with van der Waals surface area (Å²) in [4.78, 5) is 66.3. The summed E-state index contributed by atoms with van der Waals surface area (Å²) in [5.74, 6) is -5.42. The Hall–Kier alpha value is -6.15. The van der Waals surface area contributed by atoms with Crippen LogP contribution in [0.3, 0.4) is 0 Å². The van der Waals surface area contributed by atoms with Crippen molar-refractivity contribution in [1.82, 2.24) is 25.5 Å². The Bertz CT molecular complexity index is 2600. The molecule has 0 spiro atoms. The van der Waals surface area contributed by atoms with E-state index in [-0.39, 0.29) is 57.1 Å². The van der Waals surface area contributed by atoms with Crippen molar-refractivity contribution in [3.63, 3.8) is 0 Å². The van der Waals surface area contributed by atoms with Crippen molar-refractivity contribution in [2.24, 2.45) is 5.41 Å². The molecular formula is C46H49F5N8O7S2. The SMILES string of the molecule is Cc1ncsc1-c1ccc(CNC(=O)C2CCCN2C(=O)C(NC(=O)COCCOCCOc2ncc(N3C(=S)N(c4ccc(C#N)c(C(F)(F)F)c4F)C(=O)C3(C)C)cc2F)C(C)(C)C)cc1. The quantitative estimate of drug-likeness (QED) is 0.0640. The van der Waals surface area contributed by atoms with Crippen LogP contribution in [0.25, 0.3) is 10.4 Å². The number of aryl methyl sites for hydroxylation is 1. The van der Waals surface area contributed by atoms with Crippen LogP contribution in [-0.2, 0) is 41.4 Å². The van der Waals surface area contributed by atoms with Gasteiger partial charge in [-0.3, -0.25) is 24.1 Å². The predicted octanol–water partition coefficient (Wildman–Crippen LogP) is 6.85.